The lowest BCUT2D eigenvalue weighted by Gasteiger charge is -1.83. The highest BCUT2D eigenvalue weighted by molar-refractivity contribution is 5.86. The Morgan fingerprint density at radius 2 is 2.43 bits per heavy atom. The molecule has 0 aliphatic heterocycles. The van der Waals surface area contributed by atoms with E-state index >= 15 is 0 Å². The quantitative estimate of drug-likeness (QED) is 0.234. The van der Waals surface area contributed by atoms with Crippen LogP contribution in [-0.2, 0) is 9.53 Å². The maximum Gasteiger partial charge on any atom is 0.336 e. The molecule has 0 spiro atoms. The molecule has 38 valence electrons. The number of hydrogen-bond acceptors (Lipinski definition) is 3. The monoisotopic (exact) mass is 99.0 g/mol. The molecule has 0 atom stereocenters. The Morgan fingerprint density at radius 1 is 1.86 bits per heavy atom. The molecule has 0 bridgehead atoms. The van der Waals surface area contributed by atoms with Crippen LogP contribution in [0.4, 0.5) is 0 Å². The van der Waals surface area contributed by atoms with Gasteiger partial charge in [0.1, 0.15) is 0 Å². The Bertz CT molecular complexity index is 97.9. The number of rotatable bonds is 2. The average Bonchev–Trinajstić information content (AvgIpc) is 1.68. The number of hydrogen-bond donors (Lipinski definition) is 1. The molecule has 0 amide bonds. The van der Waals surface area contributed by atoms with Gasteiger partial charge in [-0.15, -0.1) is 0 Å². The summed E-state index contributed by atoms with van der Waals surface area (Å²) in [4.78, 5) is 9.92. The normalized spacial score (nSPS) is 6.86. The molecule has 3 nitrogen and oxygen atoms in total. The maximum absolute atomic E-state index is 9.92. The highest BCUT2D eigenvalue weighted by Crippen LogP contribution is 1.69. The number of ether oxygens (including phenoxy) is 1. The molecule has 3 heteroatoms. The van der Waals surface area contributed by atoms with Gasteiger partial charge in [0.25, 0.3) is 0 Å². The summed E-state index contributed by atoms with van der Waals surface area (Å²) in [7, 11) is 0. The van der Waals surface area contributed by atoms with E-state index in [-0.39, 0.29) is 0 Å². The molecular formula is C4H5NO2. The Balaban J connectivity index is 3.36. The van der Waals surface area contributed by atoms with Crippen LogP contribution in [0.1, 0.15) is 0 Å². The van der Waals surface area contributed by atoms with Crippen LogP contribution in [0.15, 0.2) is 12.7 Å². The molecule has 0 aromatic heterocycles. The smallest absolute Gasteiger partial charge is 0.336 e. The van der Waals surface area contributed by atoms with Gasteiger partial charge in [-0.2, -0.15) is 0 Å². The number of esters is 1. The van der Waals surface area contributed by atoms with Crippen molar-refractivity contribution >= 4 is 12.4 Å². The van der Waals surface area contributed by atoms with Crippen LogP contribution >= 0.6 is 0 Å². The first-order valence-electron chi connectivity index (χ1n) is 1.63. The van der Waals surface area contributed by atoms with Crippen molar-refractivity contribution in [2.75, 3.05) is 0 Å². The van der Waals surface area contributed by atoms with Crippen molar-refractivity contribution in [3.8, 4) is 0 Å². The molecule has 0 radical (unpaired) electrons. The van der Waals surface area contributed by atoms with Gasteiger partial charge in [0.2, 0.25) is 0 Å². The van der Waals surface area contributed by atoms with E-state index in [0.29, 0.717) is 6.40 Å². The molecule has 0 aliphatic rings. The number of carbonyl (C=O) groups excluding carboxylic acids is 1. The van der Waals surface area contributed by atoms with E-state index in [4.69, 9.17) is 5.41 Å². The SMILES string of the molecule is C=CC(=O)OC=N. The summed E-state index contributed by atoms with van der Waals surface area (Å²) in [5.74, 6) is -0.602. The van der Waals surface area contributed by atoms with Crippen molar-refractivity contribution in [1.82, 2.24) is 0 Å². The maximum atomic E-state index is 9.92. The summed E-state index contributed by atoms with van der Waals surface area (Å²) in [6, 6.07) is 0. The highest BCUT2D eigenvalue weighted by Gasteiger charge is 1.85. The van der Waals surface area contributed by atoms with E-state index in [9.17, 15) is 4.79 Å². The predicted molar refractivity (Wildman–Crippen MR) is 25.1 cm³/mol. The topological polar surface area (TPSA) is 50.2 Å². The minimum Gasteiger partial charge on any atom is -0.412 e. The second kappa shape index (κ2) is 3.08. The van der Waals surface area contributed by atoms with Crippen LogP contribution in [0.2, 0.25) is 0 Å². The van der Waals surface area contributed by atoms with Crippen molar-refractivity contribution < 1.29 is 9.53 Å². The second-order valence-corrected chi connectivity index (χ2v) is 0.759. The van der Waals surface area contributed by atoms with Crippen LogP contribution in [0.25, 0.3) is 0 Å². The summed E-state index contributed by atoms with van der Waals surface area (Å²) < 4.78 is 3.98. The first-order chi connectivity index (χ1) is 3.31. The van der Waals surface area contributed by atoms with E-state index in [1.165, 1.54) is 0 Å². The molecule has 7 heavy (non-hydrogen) atoms. The summed E-state index contributed by atoms with van der Waals surface area (Å²) in [6.45, 7) is 3.10. The van der Waals surface area contributed by atoms with Crippen LogP contribution in [0.5, 0.6) is 0 Å². The van der Waals surface area contributed by atoms with Crippen LogP contribution in [0.3, 0.4) is 0 Å². The van der Waals surface area contributed by atoms with Crippen molar-refractivity contribution in [3.05, 3.63) is 12.7 Å². The van der Waals surface area contributed by atoms with Crippen LogP contribution in [-0.4, -0.2) is 12.4 Å². The summed E-state index contributed by atoms with van der Waals surface area (Å²) in [6.07, 6.45) is 1.55. The zero-order valence-electron chi connectivity index (χ0n) is 3.68. The largest absolute Gasteiger partial charge is 0.412 e. The third kappa shape index (κ3) is 2.69. The lowest BCUT2D eigenvalue weighted by Crippen LogP contribution is -1.94. The Kier molecular flexibility index (Phi) is 2.59. The standard InChI is InChI=1S/C4H5NO2/c1-2-4(6)7-3-5/h2-3,5H,1H2. The minimum absolute atomic E-state index is 0.560. The average molecular weight is 99.1 g/mol. The first-order valence-corrected chi connectivity index (χ1v) is 1.63. The Morgan fingerprint density at radius 3 is 2.57 bits per heavy atom. The predicted octanol–water partition coefficient (Wildman–Crippen LogP) is 0.323. The van der Waals surface area contributed by atoms with Crippen LogP contribution < -0.4 is 0 Å². The lowest BCUT2D eigenvalue weighted by molar-refractivity contribution is -0.129. The summed E-state index contributed by atoms with van der Waals surface area (Å²) in [5.41, 5.74) is 0. The Hall–Kier alpha value is -1.12. The molecule has 0 saturated heterocycles. The van der Waals surface area contributed by atoms with Gasteiger partial charge in [0, 0.05) is 6.08 Å². The van der Waals surface area contributed by atoms with Crippen molar-refractivity contribution in [2.45, 2.75) is 0 Å². The summed E-state index contributed by atoms with van der Waals surface area (Å²) in [5, 5.41) is 6.22. The third-order valence-electron chi connectivity index (χ3n) is 0.342. The third-order valence-corrected chi connectivity index (χ3v) is 0.342. The van der Waals surface area contributed by atoms with Gasteiger partial charge in [-0.1, -0.05) is 6.58 Å². The lowest BCUT2D eigenvalue weighted by atomic mass is 10.7. The second-order valence-electron chi connectivity index (χ2n) is 0.759. The molecular weight excluding hydrogens is 94.0 g/mol. The van der Waals surface area contributed by atoms with E-state index in [2.05, 4.69) is 11.3 Å². The molecule has 0 saturated carbocycles. The van der Waals surface area contributed by atoms with Gasteiger partial charge < -0.3 is 4.74 Å². The van der Waals surface area contributed by atoms with Gasteiger partial charge in [-0.3, -0.25) is 5.41 Å². The first kappa shape index (κ1) is 5.88. The molecule has 0 aliphatic carbocycles. The van der Waals surface area contributed by atoms with Gasteiger partial charge in [0.05, 0.1) is 0 Å². The minimum atomic E-state index is -0.602. The van der Waals surface area contributed by atoms with E-state index < -0.39 is 5.97 Å². The molecule has 0 aromatic carbocycles. The van der Waals surface area contributed by atoms with E-state index in [1.807, 2.05) is 0 Å². The van der Waals surface area contributed by atoms with E-state index in [0.717, 1.165) is 6.08 Å². The molecule has 1 N–H and O–H groups in total. The zero-order valence-corrected chi connectivity index (χ0v) is 3.68. The fourth-order valence-electron chi connectivity index (χ4n) is 0.106. The number of nitrogens with one attached hydrogen (secondary N) is 1. The fraction of sp³-hybridized carbons (Fsp3) is 0. The van der Waals surface area contributed by atoms with Crippen LogP contribution in [0, 0.1) is 5.41 Å². The number of carbonyl (C=O) groups is 1. The molecule has 0 heterocycles. The molecule has 0 aromatic rings. The van der Waals surface area contributed by atoms with Crippen molar-refractivity contribution in [3.63, 3.8) is 0 Å². The van der Waals surface area contributed by atoms with E-state index in [1.54, 1.807) is 0 Å². The fourth-order valence-corrected chi connectivity index (χ4v) is 0.106. The van der Waals surface area contributed by atoms with Crippen molar-refractivity contribution in [2.24, 2.45) is 0 Å². The van der Waals surface area contributed by atoms with Crippen molar-refractivity contribution in [1.29, 1.82) is 5.41 Å². The highest BCUT2D eigenvalue weighted by atomic mass is 16.5. The summed E-state index contributed by atoms with van der Waals surface area (Å²) >= 11 is 0. The molecule has 0 rings (SSSR count). The van der Waals surface area contributed by atoms with Gasteiger partial charge in [-0.25, -0.2) is 4.79 Å². The van der Waals surface area contributed by atoms with Gasteiger partial charge in [0.15, 0.2) is 6.40 Å². The molecule has 0 unspecified atom stereocenters. The van der Waals surface area contributed by atoms with Gasteiger partial charge >= 0.3 is 5.97 Å². The zero-order chi connectivity index (χ0) is 5.70. The Labute approximate surface area is 41.1 Å². The molecule has 0 fully saturated rings. The van der Waals surface area contributed by atoms with Gasteiger partial charge in [-0.05, 0) is 0 Å².